The number of hydrogen-bond donors (Lipinski definition) is 0. The molecular weight excluding hydrogens is 1050 g/mol. The summed E-state index contributed by atoms with van der Waals surface area (Å²) >= 11 is 0. The molecule has 82 heavy (non-hydrogen) atoms. The van der Waals surface area contributed by atoms with E-state index in [4.69, 9.17) is 9.47 Å². The van der Waals surface area contributed by atoms with Gasteiger partial charge in [-0.25, -0.2) is 0 Å². The second-order valence-electron chi connectivity index (χ2n) is 27.2. The quantitative estimate of drug-likeness (QED) is 0.258. The number of hydrogen-bond acceptors (Lipinski definition) is 5. The molecule has 11 atom stereocenters. The van der Waals surface area contributed by atoms with Gasteiger partial charge in [-0.1, -0.05) is 111 Å². The molecule has 0 saturated heterocycles. The third-order valence-corrected chi connectivity index (χ3v) is 23.7. The van der Waals surface area contributed by atoms with E-state index in [-0.39, 0.29) is 47.1 Å². The van der Waals surface area contributed by atoms with Crippen molar-refractivity contribution in [1.29, 1.82) is 0 Å². The van der Waals surface area contributed by atoms with Crippen molar-refractivity contribution in [1.82, 2.24) is 0 Å². The molecule has 0 spiro atoms. The Bertz CT molecular complexity index is 2460. The minimum Gasteiger partial charge on any atom is -0.501 e. The van der Waals surface area contributed by atoms with Gasteiger partial charge >= 0.3 is 0 Å². The lowest BCUT2D eigenvalue weighted by atomic mass is 9.52. The standard InChI is InChI=1S/C21H30O.C20H28O.C11H16O.2C10H14O.3CH4.2ClH/c1-4-15-6-10-20-19-8-5-14-13-16(22-3)7-9-17(14)18(19)11-12-21(15,20)2;1-3-14-5-9-19-18-7-4-13-12-15(21)6-8-16(13)17(18)10-11-20(14,19)2;1-12-11-7-6-9-4-2-3-5-10(9)8-11;2*11-10-6-5-8-3-1-2-4-9(8)7-10;;;;;/h4,7,18-20H,5-6,8-13H2,1-3H3;3,12,16-19H,4-11H2,1-2H3;7H,2-6,8H2,1H3;2*7-8H,1-6H2;3*1H4;2*1H/b15-4-;14-3-;;;;;;;;/t18?,19?,20?,21-;16-,17?,18?,19?,20+;;2*8-;;;;;/m10.00...../s1. The predicted octanol–water partition coefficient (Wildman–Crippen LogP) is 21.7. The molecule has 7 fully saturated rings. The van der Waals surface area contributed by atoms with E-state index in [0.717, 1.165) is 111 Å². The Balaban J connectivity index is 0.000000191. The van der Waals surface area contributed by atoms with E-state index >= 15 is 0 Å². The Hall–Kier alpha value is -3.15. The minimum absolute atomic E-state index is 0. The second-order valence-corrected chi connectivity index (χ2v) is 27.2. The molecule has 14 aliphatic carbocycles. The molecule has 0 aliphatic heterocycles. The maximum Gasteiger partial charge on any atom is 0.155 e. The number of methoxy groups -OCH3 is 2. The first-order valence-electron chi connectivity index (χ1n) is 32.3. The van der Waals surface area contributed by atoms with Crippen LogP contribution in [0.4, 0.5) is 0 Å². The van der Waals surface area contributed by atoms with Crippen molar-refractivity contribution in [3.63, 3.8) is 0 Å². The lowest BCUT2D eigenvalue weighted by molar-refractivity contribution is -0.116. The highest BCUT2D eigenvalue weighted by molar-refractivity contribution is 5.92. The predicted molar refractivity (Wildman–Crippen MR) is 350 cm³/mol. The maximum absolute atomic E-state index is 11.7. The average Bonchev–Trinajstić information content (AvgIpc) is 4.21. The van der Waals surface area contributed by atoms with Gasteiger partial charge in [0.2, 0.25) is 0 Å². The van der Waals surface area contributed by atoms with Crippen molar-refractivity contribution in [2.75, 3.05) is 14.2 Å². The van der Waals surface area contributed by atoms with Gasteiger partial charge in [0.25, 0.3) is 0 Å². The molecule has 0 heterocycles. The lowest BCUT2D eigenvalue weighted by Gasteiger charge is -2.53. The fourth-order valence-electron chi connectivity index (χ4n) is 19.5. The lowest BCUT2D eigenvalue weighted by Crippen LogP contribution is -2.45. The van der Waals surface area contributed by atoms with Crippen LogP contribution in [0, 0.1) is 64.1 Å². The molecule has 460 valence electrons. The Morgan fingerprint density at radius 3 is 1.50 bits per heavy atom. The van der Waals surface area contributed by atoms with Gasteiger partial charge < -0.3 is 9.47 Å². The Morgan fingerprint density at radius 2 is 0.927 bits per heavy atom. The summed E-state index contributed by atoms with van der Waals surface area (Å²) in [5.74, 6) is 11.3. The third-order valence-electron chi connectivity index (χ3n) is 23.7. The van der Waals surface area contributed by atoms with E-state index in [9.17, 15) is 14.4 Å². The smallest absolute Gasteiger partial charge is 0.155 e. The van der Waals surface area contributed by atoms with Crippen molar-refractivity contribution in [2.24, 2.45) is 64.1 Å². The molecule has 6 unspecified atom stereocenters. The van der Waals surface area contributed by atoms with Gasteiger partial charge in [0, 0.05) is 32.1 Å². The van der Waals surface area contributed by atoms with Gasteiger partial charge in [0.15, 0.2) is 17.3 Å². The van der Waals surface area contributed by atoms with Gasteiger partial charge in [0.05, 0.1) is 25.7 Å². The fraction of sp³-hybridized carbons (Fsp3) is 0.720. The molecule has 14 aliphatic rings. The molecule has 0 amide bonds. The average molecular weight is 1170 g/mol. The van der Waals surface area contributed by atoms with Crippen LogP contribution in [-0.2, 0) is 23.9 Å². The van der Waals surface area contributed by atoms with Crippen molar-refractivity contribution >= 4 is 42.2 Å². The van der Waals surface area contributed by atoms with Crippen molar-refractivity contribution in [2.45, 2.75) is 268 Å². The monoisotopic (exact) mass is 1170 g/mol. The van der Waals surface area contributed by atoms with E-state index in [0.29, 0.717) is 28.2 Å². The summed E-state index contributed by atoms with van der Waals surface area (Å²) in [6.07, 6.45) is 57.9. The molecule has 0 aromatic heterocycles. The van der Waals surface area contributed by atoms with Gasteiger partial charge in [-0.15, -0.1) is 24.8 Å². The molecule has 0 aromatic carbocycles. The Kier molecular flexibility index (Phi) is 26.7. The fourth-order valence-corrected chi connectivity index (χ4v) is 19.5. The van der Waals surface area contributed by atoms with Crippen LogP contribution < -0.4 is 0 Å². The second kappa shape index (κ2) is 31.5. The zero-order valence-electron chi connectivity index (χ0n) is 50.1. The SMILES string of the molecule is C.C.C.C/C=C1/CCC2C3CCC4=C(CC=C(OC)C4)C3CC[C@]12C.C/C=C1/CCC2C3CCC4=CC(=O)CC[C@@H]4C3CC[C@]12C.COC1=CCC2=C(CCCC2)C1.Cl.Cl.O=C1C=C2CCCC[C@H]2CC1.O=C1C=C2CCCC[C@H]2CC1. The van der Waals surface area contributed by atoms with Crippen LogP contribution in [-0.4, -0.2) is 31.6 Å². The van der Waals surface area contributed by atoms with E-state index in [1.54, 1.807) is 35.0 Å². The molecule has 7 heteroatoms. The van der Waals surface area contributed by atoms with Gasteiger partial charge in [0.1, 0.15) is 0 Å². The summed E-state index contributed by atoms with van der Waals surface area (Å²) < 4.78 is 10.8. The first-order chi connectivity index (χ1) is 37.4. The van der Waals surface area contributed by atoms with Crippen molar-refractivity contribution < 1.29 is 23.9 Å². The molecule has 7 saturated carbocycles. The summed E-state index contributed by atoms with van der Waals surface area (Å²) in [6, 6.07) is 0. The Labute approximate surface area is 514 Å². The number of allylic oxidation sites excluding steroid dienone is 15. The Morgan fingerprint density at radius 1 is 0.439 bits per heavy atom. The maximum atomic E-state index is 11.7. The zero-order valence-corrected chi connectivity index (χ0v) is 51.8. The number of halogens is 2. The number of fused-ring (bicyclic) bond motifs is 11. The van der Waals surface area contributed by atoms with E-state index in [1.807, 2.05) is 30.9 Å². The van der Waals surface area contributed by atoms with Crippen LogP contribution in [0.15, 0.2) is 104 Å². The van der Waals surface area contributed by atoms with Crippen LogP contribution >= 0.6 is 24.8 Å². The van der Waals surface area contributed by atoms with E-state index in [2.05, 4.69) is 52.0 Å². The summed E-state index contributed by atoms with van der Waals surface area (Å²) in [4.78, 5) is 33.8. The normalized spacial score (nSPS) is 35.4. The van der Waals surface area contributed by atoms with Gasteiger partial charge in [-0.2, -0.15) is 0 Å². The highest BCUT2D eigenvalue weighted by atomic mass is 35.5. The van der Waals surface area contributed by atoms with Crippen molar-refractivity contribution in [3.05, 3.63) is 104 Å². The molecule has 0 radical (unpaired) electrons. The topological polar surface area (TPSA) is 69.7 Å². The molecule has 5 nitrogen and oxygen atoms in total. The number of ketones is 3. The summed E-state index contributed by atoms with van der Waals surface area (Å²) in [5.41, 5.74) is 15.9. The molecule has 0 bridgehead atoms. The largest absolute Gasteiger partial charge is 0.501 e. The van der Waals surface area contributed by atoms with Crippen LogP contribution in [0.2, 0.25) is 0 Å². The summed E-state index contributed by atoms with van der Waals surface area (Å²) in [6.45, 7) is 9.62. The van der Waals surface area contributed by atoms with E-state index in [1.165, 1.54) is 189 Å². The molecular formula is C75H116Cl2O5. The number of rotatable bonds is 2. The molecule has 14 rings (SSSR count). The van der Waals surface area contributed by atoms with E-state index < -0.39 is 0 Å². The number of carbonyl (C=O) groups excluding carboxylic acids is 3. The van der Waals surface area contributed by atoms with Crippen molar-refractivity contribution in [3.8, 4) is 0 Å². The summed E-state index contributed by atoms with van der Waals surface area (Å²) in [5, 5.41) is 0. The number of carbonyl (C=O) groups is 3. The van der Waals surface area contributed by atoms with Crippen LogP contribution in [0.5, 0.6) is 0 Å². The zero-order chi connectivity index (χ0) is 53.7. The molecule has 0 N–H and O–H groups in total. The van der Waals surface area contributed by atoms with Gasteiger partial charge in [-0.05, 0) is 282 Å². The first kappa shape index (κ1) is 69.6. The minimum atomic E-state index is 0. The van der Waals surface area contributed by atoms with Crippen LogP contribution in [0.3, 0.4) is 0 Å². The number of ether oxygens (including phenoxy) is 2. The van der Waals surface area contributed by atoms with Gasteiger partial charge in [-0.3, -0.25) is 14.4 Å². The van der Waals surface area contributed by atoms with Crippen LogP contribution in [0.1, 0.15) is 268 Å². The first-order valence-corrected chi connectivity index (χ1v) is 32.3. The van der Waals surface area contributed by atoms with Crippen LogP contribution in [0.25, 0.3) is 0 Å². The summed E-state index contributed by atoms with van der Waals surface area (Å²) in [7, 11) is 3.60. The highest BCUT2D eigenvalue weighted by Crippen LogP contribution is 2.65. The third kappa shape index (κ3) is 15.1. The highest BCUT2D eigenvalue weighted by Gasteiger charge is 2.55. The molecule has 0 aromatic rings.